The topological polar surface area (TPSA) is 85.7 Å². The van der Waals surface area contributed by atoms with E-state index in [0.717, 1.165) is 53.6 Å². The third kappa shape index (κ3) is 4.07. The Morgan fingerprint density at radius 3 is 2.77 bits per heavy atom. The van der Waals surface area contributed by atoms with Crippen LogP contribution >= 0.6 is 11.8 Å². The number of pyridine rings is 1. The summed E-state index contributed by atoms with van der Waals surface area (Å²) in [6.45, 7) is 4.40. The number of fused-ring (bicyclic) bond motifs is 8. The maximum absolute atomic E-state index is 14.7. The van der Waals surface area contributed by atoms with Gasteiger partial charge in [0.05, 0.1) is 28.5 Å². The Kier molecular flexibility index (Phi) is 6.62. The van der Waals surface area contributed by atoms with Crippen LogP contribution in [0, 0.1) is 34.5 Å². The molecule has 0 spiro atoms. The second kappa shape index (κ2) is 10.1. The number of carbonyl (C=O) groups excluding carboxylic acids is 2. The monoisotopic (exact) mass is 599 g/mol. The van der Waals surface area contributed by atoms with Crippen molar-refractivity contribution < 1.29 is 24.2 Å². The number of carbonyl (C=O) groups is 2. The van der Waals surface area contributed by atoms with Gasteiger partial charge in [-0.15, -0.1) is 0 Å². The van der Waals surface area contributed by atoms with Crippen LogP contribution in [-0.2, 0) is 19.1 Å². The predicted molar refractivity (Wildman–Crippen MR) is 165 cm³/mol. The summed E-state index contributed by atoms with van der Waals surface area (Å²) in [6.07, 6.45) is 11.7. The van der Waals surface area contributed by atoms with Crippen LogP contribution in [0.3, 0.4) is 0 Å². The summed E-state index contributed by atoms with van der Waals surface area (Å²) < 4.78 is 13.8. The largest absolute Gasteiger partial charge is 0.393 e. The lowest BCUT2D eigenvalue weighted by atomic mass is 9.46. The van der Waals surface area contributed by atoms with E-state index in [4.69, 9.17) is 14.5 Å². The van der Waals surface area contributed by atoms with Gasteiger partial charge in [0, 0.05) is 28.1 Å². The molecule has 1 N–H and O–H groups in total. The van der Waals surface area contributed by atoms with Gasteiger partial charge >= 0.3 is 0 Å². The van der Waals surface area contributed by atoms with Gasteiger partial charge in [-0.05, 0) is 74.6 Å². The summed E-state index contributed by atoms with van der Waals surface area (Å²) in [6, 6.07) is 12.1. The van der Waals surface area contributed by atoms with Gasteiger partial charge in [-0.2, -0.15) is 0 Å². The Bertz CT molecular complexity index is 1550. The average molecular weight is 600 g/mol. The van der Waals surface area contributed by atoms with E-state index in [2.05, 4.69) is 19.9 Å². The third-order valence-electron chi connectivity index (χ3n) is 12.4. The van der Waals surface area contributed by atoms with Crippen molar-refractivity contribution in [2.75, 3.05) is 5.75 Å². The highest BCUT2D eigenvalue weighted by Crippen LogP contribution is 2.70. The second-order valence-corrected chi connectivity index (χ2v) is 15.4. The molecule has 0 amide bonds. The standard InChI is InChI=1S/C36H41NO5S/c1-34-16-15-24(38)17-23(34)12-13-25-26-18-30-36(35(26,2)19-28(39)32(25)34,42-33(41-30)22-8-3-4-9-22)29(40)20-43-31-14-11-21-7-5-6-10-27(21)37-31/h5-7,10-11,14-17,22,25-26,28,30,32-33,39H,3-4,8-9,12-13,18-20H2,1-2H3/t25?,26?,28-,30-,32?,33?,34?,35?,36+/m0/s1. The fraction of sp³-hybridized carbons (Fsp3) is 0.583. The predicted octanol–water partition coefficient (Wildman–Crippen LogP) is 6.46. The lowest BCUT2D eigenvalue weighted by molar-refractivity contribution is -0.205. The van der Waals surface area contributed by atoms with E-state index in [1.54, 1.807) is 12.2 Å². The molecule has 6 unspecified atom stereocenters. The SMILES string of the molecule is CC12C=CC(=O)C=C1CCC1C2[C@@H](O)CC2(C)C1C[C@@H]1OC(C3CCCC3)O[C@]12C(=O)CSc1ccc2ccccc2n1. The number of allylic oxidation sites excluding steroid dienone is 4. The Morgan fingerprint density at radius 2 is 1.93 bits per heavy atom. The first-order valence-corrected chi connectivity index (χ1v) is 17.2. The molecule has 2 aromatic rings. The van der Waals surface area contributed by atoms with E-state index in [-0.39, 0.29) is 52.9 Å². The number of aromatic nitrogens is 1. The maximum atomic E-state index is 14.7. The van der Waals surface area contributed by atoms with Crippen LogP contribution in [0.15, 0.2) is 65.2 Å². The summed E-state index contributed by atoms with van der Waals surface area (Å²) in [5.74, 6) is 1.09. The number of aliphatic hydroxyl groups is 1. The third-order valence-corrected chi connectivity index (χ3v) is 13.3. The summed E-state index contributed by atoms with van der Waals surface area (Å²) in [5, 5.41) is 13.9. The smallest absolute Gasteiger partial charge is 0.178 e. The van der Waals surface area contributed by atoms with Gasteiger partial charge < -0.3 is 14.6 Å². The van der Waals surface area contributed by atoms with Crippen LogP contribution in [-0.4, -0.2) is 51.5 Å². The minimum atomic E-state index is -1.09. The zero-order valence-electron chi connectivity index (χ0n) is 25.0. The molecule has 0 bridgehead atoms. The molecule has 5 fully saturated rings. The number of hydrogen-bond donors (Lipinski definition) is 1. The van der Waals surface area contributed by atoms with Gasteiger partial charge in [0.15, 0.2) is 23.5 Å². The number of thioether (sulfide) groups is 1. The number of benzene rings is 1. The molecule has 0 radical (unpaired) electrons. The van der Waals surface area contributed by atoms with E-state index in [1.807, 2.05) is 36.4 Å². The summed E-state index contributed by atoms with van der Waals surface area (Å²) in [7, 11) is 0. The van der Waals surface area contributed by atoms with Crippen molar-refractivity contribution in [2.45, 2.75) is 94.3 Å². The lowest BCUT2D eigenvalue weighted by Crippen LogP contribution is -2.63. The molecule has 8 rings (SSSR count). The molecule has 6 nitrogen and oxygen atoms in total. The van der Waals surface area contributed by atoms with Crippen molar-refractivity contribution in [1.29, 1.82) is 0 Å². The zero-order chi connectivity index (χ0) is 29.6. The van der Waals surface area contributed by atoms with Gasteiger partial charge in [0.25, 0.3) is 0 Å². The summed E-state index contributed by atoms with van der Waals surface area (Å²) in [4.78, 5) is 31.8. The second-order valence-electron chi connectivity index (χ2n) is 14.4. The van der Waals surface area contributed by atoms with Crippen molar-refractivity contribution >= 4 is 34.2 Å². The van der Waals surface area contributed by atoms with Gasteiger partial charge in [-0.3, -0.25) is 9.59 Å². The molecule has 226 valence electrons. The number of ketones is 2. The minimum absolute atomic E-state index is 0.00251. The molecular formula is C36H41NO5S. The number of ether oxygens (including phenoxy) is 2. The molecule has 1 saturated heterocycles. The number of hydrogen-bond acceptors (Lipinski definition) is 7. The molecule has 7 heteroatoms. The van der Waals surface area contributed by atoms with Crippen molar-refractivity contribution in [3.8, 4) is 0 Å². The fourth-order valence-electron chi connectivity index (χ4n) is 10.4. The van der Waals surface area contributed by atoms with E-state index in [9.17, 15) is 14.7 Å². The molecule has 43 heavy (non-hydrogen) atoms. The van der Waals surface area contributed by atoms with E-state index in [0.29, 0.717) is 12.3 Å². The molecule has 1 aromatic heterocycles. The Morgan fingerprint density at radius 1 is 1.12 bits per heavy atom. The number of rotatable bonds is 5. The maximum Gasteiger partial charge on any atom is 0.178 e. The molecule has 1 aliphatic heterocycles. The van der Waals surface area contributed by atoms with E-state index >= 15 is 0 Å². The Hall–Kier alpha value is -2.32. The van der Waals surface area contributed by atoms with Crippen LogP contribution in [0.4, 0.5) is 0 Å². The number of para-hydroxylation sites is 1. The Labute approximate surface area is 257 Å². The molecule has 1 aromatic carbocycles. The summed E-state index contributed by atoms with van der Waals surface area (Å²) >= 11 is 1.48. The lowest BCUT2D eigenvalue weighted by Gasteiger charge is -2.59. The molecule has 2 heterocycles. The van der Waals surface area contributed by atoms with E-state index in [1.165, 1.54) is 24.6 Å². The first-order chi connectivity index (χ1) is 20.7. The van der Waals surface area contributed by atoms with Crippen LogP contribution in [0.25, 0.3) is 10.9 Å². The minimum Gasteiger partial charge on any atom is -0.393 e. The van der Waals surface area contributed by atoms with Crippen molar-refractivity contribution in [2.24, 2.45) is 34.5 Å². The zero-order valence-corrected chi connectivity index (χ0v) is 25.9. The molecular weight excluding hydrogens is 558 g/mol. The van der Waals surface area contributed by atoms with Crippen LogP contribution in [0.5, 0.6) is 0 Å². The first kappa shape index (κ1) is 28.2. The van der Waals surface area contributed by atoms with Gasteiger partial charge in [0.2, 0.25) is 0 Å². The van der Waals surface area contributed by atoms with Crippen LogP contribution in [0.2, 0.25) is 0 Å². The first-order valence-electron chi connectivity index (χ1n) is 16.2. The highest BCUT2D eigenvalue weighted by molar-refractivity contribution is 7.99. The number of Topliss-reactive ketones (excluding diaryl/α,β-unsaturated/α-hetero) is 1. The summed E-state index contributed by atoms with van der Waals surface area (Å²) in [5.41, 5.74) is 0.0748. The van der Waals surface area contributed by atoms with Gasteiger partial charge in [-0.25, -0.2) is 4.98 Å². The quantitative estimate of drug-likeness (QED) is 0.395. The number of aliphatic hydroxyl groups excluding tert-OH is 1. The van der Waals surface area contributed by atoms with Crippen LogP contribution < -0.4 is 0 Å². The number of nitrogens with zero attached hydrogens (tertiary/aromatic N) is 1. The van der Waals surface area contributed by atoms with Crippen molar-refractivity contribution in [3.63, 3.8) is 0 Å². The van der Waals surface area contributed by atoms with Crippen molar-refractivity contribution in [1.82, 2.24) is 4.98 Å². The fourth-order valence-corrected chi connectivity index (χ4v) is 11.2. The van der Waals surface area contributed by atoms with Crippen LogP contribution in [0.1, 0.15) is 65.2 Å². The van der Waals surface area contributed by atoms with Gasteiger partial charge in [-0.1, -0.05) is 74.4 Å². The molecule has 9 atom stereocenters. The highest BCUT2D eigenvalue weighted by Gasteiger charge is 2.76. The van der Waals surface area contributed by atoms with E-state index < -0.39 is 17.1 Å². The average Bonchev–Trinajstić information content (AvgIpc) is 3.71. The molecule has 4 saturated carbocycles. The normalized spacial score (nSPS) is 41.9. The molecule has 5 aliphatic carbocycles. The highest BCUT2D eigenvalue weighted by atomic mass is 32.2. The molecule has 6 aliphatic rings. The Balaban J connectivity index is 1.13. The van der Waals surface area contributed by atoms with Crippen molar-refractivity contribution in [3.05, 3.63) is 60.2 Å². The van der Waals surface area contributed by atoms with Gasteiger partial charge in [0.1, 0.15) is 0 Å².